The van der Waals surface area contributed by atoms with E-state index in [0.717, 1.165) is 22.0 Å². The third kappa shape index (κ3) is 5.14. The molecule has 8 nitrogen and oxygen atoms in total. The zero-order valence-corrected chi connectivity index (χ0v) is 18.7. The molecule has 0 radical (unpaired) electrons. The highest BCUT2D eigenvalue weighted by Gasteiger charge is 2.23. The third-order valence-electron chi connectivity index (χ3n) is 5.29. The van der Waals surface area contributed by atoms with Gasteiger partial charge >= 0.3 is 5.97 Å². The van der Waals surface area contributed by atoms with Gasteiger partial charge in [-0.3, -0.25) is 4.79 Å². The number of esters is 1. The lowest BCUT2D eigenvalue weighted by molar-refractivity contribution is -0.145. The summed E-state index contributed by atoms with van der Waals surface area (Å²) in [5.41, 5.74) is 2.75. The molecule has 1 atom stereocenters. The van der Waals surface area contributed by atoms with E-state index in [1.54, 1.807) is 26.4 Å². The molecule has 170 valence electrons. The Bertz CT molecular complexity index is 1070. The fourth-order valence-corrected chi connectivity index (χ4v) is 3.66. The van der Waals surface area contributed by atoms with Gasteiger partial charge in [0.1, 0.15) is 6.04 Å². The molecule has 3 rings (SSSR count). The van der Waals surface area contributed by atoms with Crippen molar-refractivity contribution >= 4 is 22.8 Å². The fraction of sp³-hybridized carbons (Fsp3) is 0.333. The van der Waals surface area contributed by atoms with Crippen LogP contribution in [0.5, 0.6) is 17.2 Å². The molecule has 2 aromatic carbocycles. The van der Waals surface area contributed by atoms with Gasteiger partial charge in [0.15, 0.2) is 11.5 Å². The van der Waals surface area contributed by atoms with E-state index in [9.17, 15) is 9.59 Å². The van der Waals surface area contributed by atoms with Crippen LogP contribution >= 0.6 is 0 Å². The third-order valence-corrected chi connectivity index (χ3v) is 5.29. The van der Waals surface area contributed by atoms with Gasteiger partial charge in [-0.25, -0.2) is 4.79 Å². The summed E-state index contributed by atoms with van der Waals surface area (Å²) >= 11 is 0. The molecule has 0 spiro atoms. The Morgan fingerprint density at radius 2 is 1.69 bits per heavy atom. The van der Waals surface area contributed by atoms with Gasteiger partial charge in [-0.2, -0.15) is 0 Å². The molecule has 0 unspecified atom stereocenters. The normalized spacial score (nSPS) is 11.6. The van der Waals surface area contributed by atoms with E-state index in [4.69, 9.17) is 18.9 Å². The molecule has 1 heterocycles. The zero-order valence-electron chi connectivity index (χ0n) is 18.7. The number of aromatic amines is 1. The number of carbonyl (C=O) groups excluding carboxylic acids is 2. The molecule has 0 bridgehead atoms. The summed E-state index contributed by atoms with van der Waals surface area (Å²) in [6, 6.07) is 10.6. The topological polar surface area (TPSA) is 98.9 Å². The molecule has 0 saturated heterocycles. The van der Waals surface area contributed by atoms with Gasteiger partial charge in [0.25, 0.3) is 0 Å². The van der Waals surface area contributed by atoms with Gasteiger partial charge in [-0.1, -0.05) is 18.2 Å². The number of nitrogens with one attached hydrogen (secondary N) is 2. The molecule has 8 heteroatoms. The minimum atomic E-state index is -0.786. The van der Waals surface area contributed by atoms with Gasteiger partial charge in [-0.15, -0.1) is 0 Å². The quantitative estimate of drug-likeness (QED) is 0.470. The Kier molecular flexibility index (Phi) is 7.59. The van der Waals surface area contributed by atoms with E-state index in [0.29, 0.717) is 30.1 Å². The number of hydrogen-bond acceptors (Lipinski definition) is 6. The van der Waals surface area contributed by atoms with Crippen molar-refractivity contribution < 1.29 is 28.5 Å². The minimum absolute atomic E-state index is 0.181. The average Bonchev–Trinajstić information content (AvgIpc) is 3.23. The molecule has 1 aromatic heterocycles. The number of aromatic nitrogens is 1. The maximum absolute atomic E-state index is 12.7. The number of para-hydroxylation sites is 1. The Balaban J connectivity index is 1.69. The second-order valence-electron chi connectivity index (χ2n) is 7.24. The van der Waals surface area contributed by atoms with Crippen molar-refractivity contribution in [2.24, 2.45) is 0 Å². The van der Waals surface area contributed by atoms with Crippen molar-refractivity contribution in [2.45, 2.75) is 25.3 Å². The first-order valence-electron chi connectivity index (χ1n) is 10.2. The summed E-state index contributed by atoms with van der Waals surface area (Å²) in [6.07, 6.45) is 2.79. The highest BCUT2D eigenvalue weighted by atomic mass is 16.5. The van der Waals surface area contributed by atoms with Crippen LogP contribution in [0.15, 0.2) is 42.6 Å². The van der Waals surface area contributed by atoms with Gasteiger partial charge in [0, 0.05) is 29.9 Å². The fourth-order valence-electron chi connectivity index (χ4n) is 3.66. The molecule has 3 aromatic rings. The molecule has 0 aliphatic heterocycles. The summed E-state index contributed by atoms with van der Waals surface area (Å²) in [7, 11) is 5.93. The monoisotopic (exact) mass is 440 g/mol. The second-order valence-corrected chi connectivity index (χ2v) is 7.24. The summed E-state index contributed by atoms with van der Waals surface area (Å²) in [4.78, 5) is 28.2. The summed E-state index contributed by atoms with van der Waals surface area (Å²) < 4.78 is 21.0. The summed E-state index contributed by atoms with van der Waals surface area (Å²) in [5.74, 6) is 0.793. The van der Waals surface area contributed by atoms with E-state index in [2.05, 4.69) is 10.3 Å². The minimum Gasteiger partial charge on any atom is -0.493 e. The Morgan fingerprint density at radius 3 is 2.31 bits per heavy atom. The molecule has 0 fully saturated rings. The van der Waals surface area contributed by atoms with Crippen molar-refractivity contribution in [1.82, 2.24) is 10.3 Å². The molecule has 0 aliphatic carbocycles. The number of methoxy groups -OCH3 is 4. The average molecular weight is 440 g/mol. The Labute approximate surface area is 186 Å². The van der Waals surface area contributed by atoms with Gasteiger partial charge < -0.3 is 29.2 Å². The van der Waals surface area contributed by atoms with E-state index >= 15 is 0 Å². The number of aryl methyl sites for hydroxylation is 1. The number of amides is 1. The van der Waals surface area contributed by atoms with Crippen molar-refractivity contribution in [3.05, 3.63) is 53.7 Å². The van der Waals surface area contributed by atoms with Crippen LogP contribution in [0, 0.1) is 0 Å². The zero-order chi connectivity index (χ0) is 23.1. The largest absolute Gasteiger partial charge is 0.493 e. The standard InChI is InChI=1S/C24H28N2O6/c1-29-20-11-15(12-21(30-2)23(20)31-3)9-10-22(27)26-19(24(28)32-4)13-16-14-25-18-8-6-5-7-17(16)18/h5-8,11-12,14,19,25H,9-10,13H2,1-4H3,(H,26,27)/t19-/m1/s1. The first kappa shape index (κ1) is 23.0. The lowest BCUT2D eigenvalue weighted by atomic mass is 10.0. The van der Waals surface area contributed by atoms with Gasteiger partial charge in [0.2, 0.25) is 11.7 Å². The first-order chi connectivity index (χ1) is 15.5. The SMILES string of the molecule is COC(=O)[C@@H](Cc1c[nH]c2ccccc12)NC(=O)CCc1cc(OC)c(OC)c(OC)c1. The maximum atomic E-state index is 12.7. The van der Waals surface area contributed by atoms with Crippen LogP contribution in [-0.4, -0.2) is 51.3 Å². The number of rotatable bonds is 10. The number of H-pyrrole nitrogens is 1. The highest BCUT2D eigenvalue weighted by molar-refractivity contribution is 5.87. The van der Waals surface area contributed by atoms with Gasteiger partial charge in [-0.05, 0) is 35.7 Å². The lowest BCUT2D eigenvalue weighted by Crippen LogP contribution is -2.43. The number of carbonyl (C=O) groups is 2. The number of fused-ring (bicyclic) bond motifs is 1. The number of benzene rings is 2. The second kappa shape index (κ2) is 10.6. The van der Waals surface area contributed by atoms with Crippen LogP contribution in [-0.2, 0) is 27.2 Å². The molecule has 2 N–H and O–H groups in total. The van der Waals surface area contributed by atoms with Crippen LogP contribution in [0.3, 0.4) is 0 Å². The molecular weight excluding hydrogens is 412 g/mol. The van der Waals surface area contributed by atoms with Crippen molar-refractivity contribution in [2.75, 3.05) is 28.4 Å². The molecule has 0 aliphatic rings. The predicted molar refractivity (Wildman–Crippen MR) is 120 cm³/mol. The van der Waals surface area contributed by atoms with Crippen LogP contribution in [0.25, 0.3) is 10.9 Å². The van der Waals surface area contributed by atoms with Crippen LogP contribution < -0.4 is 19.5 Å². The summed E-state index contributed by atoms with van der Waals surface area (Å²) in [5, 5.41) is 3.81. The highest BCUT2D eigenvalue weighted by Crippen LogP contribution is 2.38. The van der Waals surface area contributed by atoms with Crippen LogP contribution in [0.1, 0.15) is 17.5 Å². The van der Waals surface area contributed by atoms with E-state index in [1.807, 2.05) is 30.5 Å². The van der Waals surface area contributed by atoms with E-state index < -0.39 is 12.0 Å². The van der Waals surface area contributed by atoms with E-state index in [1.165, 1.54) is 14.2 Å². The predicted octanol–water partition coefficient (Wildman–Crippen LogP) is 3.03. The molecule has 32 heavy (non-hydrogen) atoms. The maximum Gasteiger partial charge on any atom is 0.328 e. The van der Waals surface area contributed by atoms with Gasteiger partial charge in [0.05, 0.1) is 28.4 Å². The molecular formula is C24H28N2O6. The Morgan fingerprint density at radius 1 is 1.00 bits per heavy atom. The molecule has 0 saturated carbocycles. The molecule has 1 amide bonds. The first-order valence-corrected chi connectivity index (χ1v) is 10.2. The number of ether oxygens (including phenoxy) is 4. The number of hydrogen-bond donors (Lipinski definition) is 2. The summed E-state index contributed by atoms with van der Waals surface area (Å²) in [6.45, 7) is 0. The lowest BCUT2D eigenvalue weighted by Gasteiger charge is -2.17. The van der Waals surface area contributed by atoms with E-state index in [-0.39, 0.29) is 12.3 Å². The van der Waals surface area contributed by atoms with Crippen LogP contribution in [0.2, 0.25) is 0 Å². The van der Waals surface area contributed by atoms with Crippen LogP contribution in [0.4, 0.5) is 0 Å². The Hall–Kier alpha value is -3.68. The smallest absolute Gasteiger partial charge is 0.328 e. The van der Waals surface area contributed by atoms with Crippen molar-refractivity contribution in [3.63, 3.8) is 0 Å². The van der Waals surface area contributed by atoms with Crippen molar-refractivity contribution in [1.29, 1.82) is 0 Å². The van der Waals surface area contributed by atoms with Crippen molar-refractivity contribution in [3.8, 4) is 17.2 Å².